The third-order valence-corrected chi connectivity index (χ3v) is 5.25. The predicted octanol–water partition coefficient (Wildman–Crippen LogP) is 0.489. The molecule has 11 nitrogen and oxygen atoms in total. The summed E-state index contributed by atoms with van der Waals surface area (Å²) < 4.78 is 16.3. The molecule has 0 bridgehead atoms. The van der Waals surface area contributed by atoms with Gasteiger partial charge in [0.1, 0.15) is 35.2 Å². The van der Waals surface area contributed by atoms with E-state index < -0.39 is 70.1 Å². The van der Waals surface area contributed by atoms with Gasteiger partial charge in [-0.2, -0.15) is 0 Å². The minimum absolute atomic E-state index is 0.185. The van der Waals surface area contributed by atoms with Gasteiger partial charge < -0.3 is 49.6 Å². The highest BCUT2D eigenvalue weighted by Crippen LogP contribution is 2.41. The first-order valence-corrected chi connectivity index (χ1v) is 9.50. The average Bonchev–Trinajstić information content (AvgIpc) is 2.76. The average molecular weight is 448 g/mol. The number of hydrogen-bond acceptors (Lipinski definition) is 11. The first-order chi connectivity index (χ1) is 15.1. The molecule has 11 heteroatoms. The number of rotatable bonds is 3. The van der Waals surface area contributed by atoms with Gasteiger partial charge in [-0.3, -0.25) is 4.79 Å². The summed E-state index contributed by atoms with van der Waals surface area (Å²) in [6.45, 7) is 1.51. The molecule has 0 spiro atoms. The van der Waals surface area contributed by atoms with Crippen molar-refractivity contribution in [2.24, 2.45) is 0 Å². The van der Waals surface area contributed by atoms with Gasteiger partial charge in [0.2, 0.25) is 23.2 Å². The van der Waals surface area contributed by atoms with E-state index in [0.29, 0.717) is 0 Å². The highest BCUT2D eigenvalue weighted by atomic mass is 16.7. The van der Waals surface area contributed by atoms with E-state index in [0.717, 1.165) is 6.07 Å². The molecule has 7 N–H and O–H groups in total. The summed E-state index contributed by atoms with van der Waals surface area (Å²) in [4.78, 5) is 12.5. The van der Waals surface area contributed by atoms with Crippen LogP contribution in [-0.2, 0) is 4.74 Å². The molecule has 5 atom stereocenters. The number of aromatic hydroxyl groups is 4. The molecule has 32 heavy (non-hydrogen) atoms. The zero-order valence-electron chi connectivity index (χ0n) is 16.5. The van der Waals surface area contributed by atoms with Crippen LogP contribution >= 0.6 is 0 Å². The molecule has 1 aliphatic heterocycles. The van der Waals surface area contributed by atoms with Crippen molar-refractivity contribution >= 4 is 11.0 Å². The molecule has 1 aliphatic rings. The van der Waals surface area contributed by atoms with Crippen LogP contribution in [0.3, 0.4) is 0 Å². The van der Waals surface area contributed by atoms with Gasteiger partial charge in [0, 0.05) is 11.6 Å². The molecule has 4 rings (SSSR count). The molecular formula is C21H20O11. The second kappa shape index (κ2) is 7.88. The summed E-state index contributed by atoms with van der Waals surface area (Å²) in [6.07, 6.45) is -6.30. The molecule has 0 amide bonds. The Hall–Kier alpha value is -3.51. The van der Waals surface area contributed by atoms with Crippen molar-refractivity contribution in [2.75, 3.05) is 0 Å². The quantitative estimate of drug-likeness (QED) is 0.218. The summed E-state index contributed by atoms with van der Waals surface area (Å²) in [5.41, 5.74) is -1.35. The monoisotopic (exact) mass is 448 g/mol. The predicted molar refractivity (Wildman–Crippen MR) is 108 cm³/mol. The minimum Gasteiger partial charge on any atom is -0.507 e. The topological polar surface area (TPSA) is 190 Å². The highest BCUT2D eigenvalue weighted by Gasteiger charge is 2.43. The van der Waals surface area contributed by atoms with Crippen LogP contribution in [0, 0.1) is 0 Å². The number of hydrogen-bond donors (Lipinski definition) is 7. The molecule has 170 valence electrons. The fourth-order valence-corrected chi connectivity index (χ4v) is 3.44. The molecular weight excluding hydrogens is 428 g/mol. The second-order valence-corrected chi connectivity index (χ2v) is 7.40. The van der Waals surface area contributed by atoms with Crippen LogP contribution in [-0.4, -0.2) is 66.5 Å². The van der Waals surface area contributed by atoms with E-state index >= 15 is 0 Å². The van der Waals surface area contributed by atoms with E-state index in [1.54, 1.807) is 0 Å². The van der Waals surface area contributed by atoms with Crippen molar-refractivity contribution in [3.05, 3.63) is 40.6 Å². The van der Waals surface area contributed by atoms with Crippen molar-refractivity contribution in [1.82, 2.24) is 0 Å². The van der Waals surface area contributed by atoms with Crippen molar-refractivity contribution in [1.29, 1.82) is 0 Å². The molecule has 1 aromatic heterocycles. The Morgan fingerprint density at radius 2 is 1.53 bits per heavy atom. The molecule has 1 fully saturated rings. The van der Waals surface area contributed by atoms with Crippen molar-refractivity contribution in [3.63, 3.8) is 0 Å². The Bertz CT molecular complexity index is 1220. The van der Waals surface area contributed by atoms with Crippen LogP contribution in [0.1, 0.15) is 6.92 Å². The van der Waals surface area contributed by atoms with E-state index in [2.05, 4.69) is 0 Å². The Kier molecular flexibility index (Phi) is 5.34. The van der Waals surface area contributed by atoms with Crippen molar-refractivity contribution < 1.29 is 49.6 Å². The van der Waals surface area contributed by atoms with E-state index in [1.807, 2.05) is 0 Å². The molecule has 0 radical (unpaired) electrons. The summed E-state index contributed by atoms with van der Waals surface area (Å²) >= 11 is 0. The summed E-state index contributed by atoms with van der Waals surface area (Å²) in [5, 5.41) is 69.0. The maximum Gasteiger partial charge on any atom is 0.238 e. The normalized spacial score (nSPS) is 25.7. The highest BCUT2D eigenvalue weighted by molar-refractivity contribution is 5.92. The number of phenols is 3. The third kappa shape index (κ3) is 3.46. The number of aliphatic hydroxyl groups excluding tert-OH is 3. The van der Waals surface area contributed by atoms with Gasteiger partial charge in [0.15, 0.2) is 17.1 Å². The first-order valence-electron chi connectivity index (χ1n) is 9.50. The van der Waals surface area contributed by atoms with E-state index in [-0.39, 0.29) is 17.1 Å². The maximum absolute atomic E-state index is 12.5. The molecule has 1 saturated heterocycles. The number of phenolic OH excluding ortho intramolecular Hbond substituents is 3. The molecule has 0 aliphatic carbocycles. The molecule has 2 heterocycles. The minimum atomic E-state index is -1.51. The lowest BCUT2D eigenvalue weighted by Crippen LogP contribution is -2.58. The fourth-order valence-electron chi connectivity index (χ4n) is 3.44. The molecule has 0 saturated carbocycles. The maximum atomic E-state index is 12.5. The number of fused-ring (bicyclic) bond motifs is 1. The van der Waals surface area contributed by atoms with E-state index in [4.69, 9.17) is 13.9 Å². The van der Waals surface area contributed by atoms with E-state index in [9.17, 15) is 40.5 Å². The zero-order chi connectivity index (χ0) is 23.3. The van der Waals surface area contributed by atoms with Gasteiger partial charge in [-0.05, 0) is 31.2 Å². The van der Waals surface area contributed by atoms with Crippen LogP contribution in [0.25, 0.3) is 22.3 Å². The molecule has 0 unspecified atom stereocenters. The zero-order valence-corrected chi connectivity index (χ0v) is 16.5. The van der Waals surface area contributed by atoms with Crippen LogP contribution in [0.15, 0.2) is 39.5 Å². The van der Waals surface area contributed by atoms with Crippen LogP contribution < -0.4 is 10.2 Å². The van der Waals surface area contributed by atoms with Crippen LogP contribution in [0.2, 0.25) is 0 Å². The summed E-state index contributed by atoms with van der Waals surface area (Å²) in [7, 11) is 0. The first kappa shape index (κ1) is 21.7. The number of benzene rings is 2. The SMILES string of the molecule is C[C@H]1O[C@@H](Oc2ccc(-c3oc4c(O)c(O)cc(O)c4c(=O)c3O)cc2)[C@H](O)[C@H](O)[C@H]1O. The standard InChI is InChI=1S/C21H20O11/c1-7-13(24)16(27)18(29)21(30-7)31-9-4-2-8(3-5-9)19-17(28)15(26)12-10(22)6-11(23)14(25)20(12)32-19/h2-7,13,16,18,21-25,27-29H,1H3/t7-,13+,16-,18-,21+/m1/s1. The van der Waals surface area contributed by atoms with Gasteiger partial charge >= 0.3 is 0 Å². The van der Waals surface area contributed by atoms with Gasteiger partial charge in [0.05, 0.1) is 6.10 Å². The Balaban J connectivity index is 1.67. The van der Waals surface area contributed by atoms with Crippen molar-refractivity contribution in [3.8, 4) is 40.1 Å². The van der Waals surface area contributed by atoms with Gasteiger partial charge in [-0.1, -0.05) is 0 Å². The van der Waals surface area contributed by atoms with Crippen molar-refractivity contribution in [2.45, 2.75) is 37.6 Å². The van der Waals surface area contributed by atoms with Gasteiger partial charge in [-0.15, -0.1) is 0 Å². The van der Waals surface area contributed by atoms with Gasteiger partial charge in [-0.25, -0.2) is 0 Å². The van der Waals surface area contributed by atoms with E-state index in [1.165, 1.54) is 31.2 Å². The lowest BCUT2D eigenvalue weighted by atomic mass is 10.00. The van der Waals surface area contributed by atoms with Crippen LogP contribution in [0.5, 0.6) is 28.7 Å². The smallest absolute Gasteiger partial charge is 0.238 e. The Morgan fingerprint density at radius 3 is 2.19 bits per heavy atom. The Morgan fingerprint density at radius 1 is 0.875 bits per heavy atom. The van der Waals surface area contributed by atoms with Gasteiger partial charge in [0.25, 0.3) is 0 Å². The lowest BCUT2D eigenvalue weighted by Gasteiger charge is -2.38. The fraction of sp³-hybridized carbons (Fsp3) is 0.286. The molecule has 2 aromatic carbocycles. The largest absolute Gasteiger partial charge is 0.507 e. The lowest BCUT2D eigenvalue weighted by molar-refractivity contribution is -0.268. The molecule has 3 aromatic rings. The number of aliphatic hydroxyl groups is 3. The summed E-state index contributed by atoms with van der Waals surface area (Å²) in [5.74, 6) is -3.16. The van der Waals surface area contributed by atoms with Crippen LogP contribution in [0.4, 0.5) is 0 Å². The second-order valence-electron chi connectivity index (χ2n) is 7.40. The summed E-state index contributed by atoms with van der Waals surface area (Å²) in [6, 6.07) is 6.33. The Labute approximate surface area is 179 Å². The number of ether oxygens (including phenoxy) is 2. The third-order valence-electron chi connectivity index (χ3n) is 5.25.